The third-order valence-electron chi connectivity index (χ3n) is 5.31. The van der Waals surface area contributed by atoms with Crippen LogP contribution in [0.25, 0.3) is 0 Å². The molecule has 0 radical (unpaired) electrons. The Balaban J connectivity index is 1.40. The van der Waals surface area contributed by atoms with Gasteiger partial charge in [0.05, 0.1) is 22.6 Å². The number of carboxylic acids is 1. The predicted octanol–water partition coefficient (Wildman–Crippen LogP) is 4.18. The largest absolute Gasteiger partial charge is 0.490 e. The van der Waals surface area contributed by atoms with Crippen molar-refractivity contribution in [2.75, 3.05) is 13.1 Å². The van der Waals surface area contributed by atoms with Gasteiger partial charge in [-0.25, -0.2) is 0 Å². The van der Waals surface area contributed by atoms with Crippen molar-refractivity contribution in [1.29, 1.82) is 0 Å². The Hall–Kier alpha value is -2.77. The molecule has 2 aromatic carbocycles. The molecule has 1 saturated carbocycles. The van der Waals surface area contributed by atoms with Crippen LogP contribution in [0.15, 0.2) is 42.5 Å². The lowest BCUT2D eigenvalue weighted by Gasteiger charge is -2.26. The monoisotopic (exact) mass is 478 g/mol. The first-order chi connectivity index (χ1) is 15.3. The van der Waals surface area contributed by atoms with Gasteiger partial charge in [0.25, 0.3) is 11.8 Å². The van der Waals surface area contributed by atoms with Crippen LogP contribution in [0.1, 0.15) is 46.4 Å². The van der Waals surface area contributed by atoms with Gasteiger partial charge in [0.2, 0.25) is 0 Å². The van der Waals surface area contributed by atoms with E-state index in [1.807, 2.05) is 0 Å². The Morgan fingerprint density at radius 2 is 1.53 bits per heavy atom. The Labute approximate surface area is 196 Å². The number of aliphatic carboxylic acids is 1. The molecule has 0 aromatic heterocycles. The maximum atomic E-state index is 12.3. The summed E-state index contributed by atoms with van der Waals surface area (Å²) in [6, 6.07) is 11.4. The number of carbonyl (C=O) groups excluding carboxylic acids is 2. The van der Waals surface area contributed by atoms with Crippen LogP contribution in [-0.4, -0.2) is 42.1 Å². The second kappa shape index (κ2) is 11.2. The topological polar surface area (TPSA) is 105 Å². The zero-order valence-corrected chi connectivity index (χ0v) is 18.8. The summed E-state index contributed by atoms with van der Waals surface area (Å²) in [5, 5.41) is 15.2. The van der Waals surface area contributed by atoms with Crippen LogP contribution < -0.4 is 15.4 Å². The minimum atomic E-state index is -0.743. The number of ether oxygens (including phenoxy) is 1. The van der Waals surface area contributed by atoms with E-state index in [9.17, 15) is 14.4 Å². The van der Waals surface area contributed by atoms with Crippen LogP contribution in [0.4, 0.5) is 0 Å². The normalized spacial score (nSPS) is 17.9. The number of nitrogens with one attached hydrogen (secondary N) is 2. The highest BCUT2D eigenvalue weighted by Crippen LogP contribution is 2.28. The van der Waals surface area contributed by atoms with Crippen molar-refractivity contribution in [3.8, 4) is 5.75 Å². The number of hydrogen-bond donors (Lipinski definition) is 3. The van der Waals surface area contributed by atoms with Crippen LogP contribution >= 0.6 is 23.2 Å². The molecule has 0 saturated heterocycles. The first-order valence-corrected chi connectivity index (χ1v) is 11.1. The molecular weight excluding hydrogens is 455 g/mol. The van der Waals surface area contributed by atoms with Gasteiger partial charge in [0.15, 0.2) is 0 Å². The summed E-state index contributed by atoms with van der Waals surface area (Å²) in [5.74, 6) is -0.995. The maximum Gasteiger partial charge on any atom is 0.306 e. The third kappa shape index (κ3) is 6.61. The second-order valence-electron chi connectivity index (χ2n) is 7.59. The van der Waals surface area contributed by atoms with E-state index in [4.69, 9.17) is 33.0 Å². The lowest BCUT2D eigenvalue weighted by molar-refractivity contribution is -0.143. The molecule has 3 rings (SSSR count). The van der Waals surface area contributed by atoms with Gasteiger partial charge >= 0.3 is 5.97 Å². The van der Waals surface area contributed by atoms with Gasteiger partial charge in [-0.3, -0.25) is 14.4 Å². The first-order valence-electron chi connectivity index (χ1n) is 10.3. The number of halogens is 2. The summed E-state index contributed by atoms with van der Waals surface area (Å²) in [7, 11) is 0. The van der Waals surface area contributed by atoms with Gasteiger partial charge in [-0.1, -0.05) is 23.2 Å². The van der Waals surface area contributed by atoms with Crippen LogP contribution in [-0.2, 0) is 4.79 Å². The number of amides is 2. The molecule has 9 heteroatoms. The molecule has 0 heterocycles. The Bertz CT molecular complexity index is 973. The van der Waals surface area contributed by atoms with E-state index >= 15 is 0 Å². The van der Waals surface area contributed by atoms with Crippen LogP contribution in [0.5, 0.6) is 5.75 Å². The molecular formula is C23H24Cl2N2O5. The Morgan fingerprint density at radius 3 is 2.12 bits per heavy atom. The van der Waals surface area contributed by atoms with E-state index < -0.39 is 5.97 Å². The quantitative estimate of drug-likeness (QED) is 0.493. The van der Waals surface area contributed by atoms with E-state index in [0.717, 1.165) is 0 Å². The van der Waals surface area contributed by atoms with Gasteiger partial charge in [0, 0.05) is 23.7 Å². The highest BCUT2D eigenvalue weighted by molar-refractivity contribution is 6.36. The van der Waals surface area contributed by atoms with E-state index in [-0.39, 0.29) is 41.9 Å². The average Bonchev–Trinajstić information content (AvgIpc) is 2.77. The van der Waals surface area contributed by atoms with Gasteiger partial charge in [-0.2, -0.15) is 0 Å². The lowest BCUT2D eigenvalue weighted by atomic mass is 9.87. The number of carbonyl (C=O) groups is 3. The molecule has 7 nitrogen and oxygen atoms in total. The SMILES string of the molecule is O=C(NCCNC(=O)c1ccc(Cl)cc1Cl)c1ccc(O[C@H]2CC[C@@H](C(=O)O)CC2)cc1. The fourth-order valence-electron chi connectivity index (χ4n) is 3.53. The Morgan fingerprint density at radius 1 is 0.906 bits per heavy atom. The van der Waals surface area contributed by atoms with Crippen LogP contribution in [0.2, 0.25) is 10.0 Å². The molecule has 0 unspecified atom stereocenters. The molecule has 1 aliphatic carbocycles. The van der Waals surface area contributed by atoms with E-state index in [0.29, 0.717) is 47.6 Å². The van der Waals surface area contributed by atoms with Gasteiger partial charge in [-0.15, -0.1) is 0 Å². The molecule has 0 spiro atoms. The molecule has 0 aliphatic heterocycles. The summed E-state index contributed by atoms with van der Waals surface area (Å²) in [4.78, 5) is 35.5. The number of hydrogen-bond acceptors (Lipinski definition) is 4. The van der Waals surface area contributed by atoms with E-state index in [1.54, 1.807) is 36.4 Å². The summed E-state index contributed by atoms with van der Waals surface area (Å²) >= 11 is 11.8. The molecule has 1 aliphatic rings. The molecule has 32 heavy (non-hydrogen) atoms. The van der Waals surface area contributed by atoms with Crippen molar-refractivity contribution in [3.05, 3.63) is 63.6 Å². The molecule has 1 fully saturated rings. The second-order valence-corrected chi connectivity index (χ2v) is 8.43. The van der Waals surface area contributed by atoms with Gasteiger partial charge < -0.3 is 20.5 Å². The Kier molecular flexibility index (Phi) is 8.36. The van der Waals surface area contributed by atoms with Gasteiger partial charge in [-0.05, 0) is 68.1 Å². The van der Waals surface area contributed by atoms with E-state index in [1.165, 1.54) is 6.07 Å². The number of benzene rings is 2. The minimum Gasteiger partial charge on any atom is -0.490 e. The van der Waals surface area contributed by atoms with Crippen molar-refractivity contribution >= 4 is 41.0 Å². The summed E-state index contributed by atoms with van der Waals surface area (Å²) in [6.07, 6.45) is 2.61. The summed E-state index contributed by atoms with van der Waals surface area (Å²) in [5.41, 5.74) is 0.786. The standard InChI is InChI=1S/C23H24Cl2N2O5/c24-16-5-10-19(20(25)13-16)22(29)27-12-11-26-21(28)14-1-6-17(7-2-14)32-18-8-3-15(4-9-18)23(30)31/h1-2,5-7,10,13,15,18H,3-4,8-9,11-12H2,(H,26,28)(H,27,29)(H,30,31)/t15-,18+. The van der Waals surface area contributed by atoms with E-state index in [2.05, 4.69) is 10.6 Å². The minimum absolute atomic E-state index is 0.0111. The molecule has 3 N–H and O–H groups in total. The van der Waals surface area contributed by atoms with Crippen molar-refractivity contribution in [2.45, 2.75) is 31.8 Å². The average molecular weight is 479 g/mol. The maximum absolute atomic E-state index is 12.3. The van der Waals surface area contributed by atoms with Crippen molar-refractivity contribution in [1.82, 2.24) is 10.6 Å². The fourth-order valence-corrected chi connectivity index (χ4v) is 4.02. The zero-order valence-electron chi connectivity index (χ0n) is 17.3. The predicted molar refractivity (Wildman–Crippen MR) is 122 cm³/mol. The number of carboxylic acid groups (broad SMARTS) is 1. The van der Waals surface area contributed by atoms with Crippen molar-refractivity contribution in [3.63, 3.8) is 0 Å². The highest BCUT2D eigenvalue weighted by Gasteiger charge is 2.26. The third-order valence-corrected chi connectivity index (χ3v) is 5.86. The zero-order chi connectivity index (χ0) is 23.1. The summed E-state index contributed by atoms with van der Waals surface area (Å²) < 4.78 is 5.91. The smallest absolute Gasteiger partial charge is 0.306 e. The fraction of sp³-hybridized carbons (Fsp3) is 0.348. The highest BCUT2D eigenvalue weighted by atomic mass is 35.5. The molecule has 2 amide bonds. The van der Waals surface area contributed by atoms with Crippen LogP contribution in [0.3, 0.4) is 0 Å². The van der Waals surface area contributed by atoms with Gasteiger partial charge in [0.1, 0.15) is 5.75 Å². The van der Waals surface area contributed by atoms with Crippen molar-refractivity contribution in [2.24, 2.45) is 5.92 Å². The first kappa shape index (κ1) is 23.9. The lowest BCUT2D eigenvalue weighted by Crippen LogP contribution is -2.34. The molecule has 0 atom stereocenters. The van der Waals surface area contributed by atoms with Crippen molar-refractivity contribution < 1.29 is 24.2 Å². The molecule has 2 aromatic rings. The number of rotatable bonds is 8. The molecule has 0 bridgehead atoms. The summed E-state index contributed by atoms with van der Waals surface area (Å²) in [6.45, 7) is 0.491. The van der Waals surface area contributed by atoms with Crippen LogP contribution in [0, 0.1) is 5.92 Å². The molecule has 170 valence electrons.